The Hall–Kier alpha value is -1.94. The molecule has 1 aliphatic rings. The maximum Gasteiger partial charge on any atom is 0.227 e. The molecule has 20 heavy (non-hydrogen) atoms. The van der Waals surface area contributed by atoms with Crippen LogP contribution in [0.2, 0.25) is 0 Å². The number of ether oxygens (including phenoxy) is 1. The Labute approximate surface area is 116 Å². The summed E-state index contributed by atoms with van der Waals surface area (Å²) in [6.45, 7) is 2.46. The molecule has 1 saturated heterocycles. The van der Waals surface area contributed by atoms with Gasteiger partial charge in [0.25, 0.3) is 0 Å². The smallest absolute Gasteiger partial charge is 0.227 e. The second-order valence-corrected chi connectivity index (χ2v) is 4.92. The maximum atomic E-state index is 13.7. The third-order valence-electron chi connectivity index (χ3n) is 3.67. The van der Waals surface area contributed by atoms with Gasteiger partial charge in [-0.05, 0) is 17.0 Å². The highest BCUT2D eigenvalue weighted by Gasteiger charge is 2.18. The molecule has 1 heterocycles. The first-order chi connectivity index (χ1) is 9.75. The van der Waals surface area contributed by atoms with Gasteiger partial charge in [-0.15, -0.1) is 0 Å². The first-order valence-corrected chi connectivity index (χ1v) is 6.77. The predicted molar refractivity (Wildman–Crippen MR) is 75.0 cm³/mol. The Kier molecular flexibility index (Phi) is 3.65. The lowest BCUT2D eigenvalue weighted by atomic mass is 10.0. The molecule has 1 aliphatic heterocycles. The summed E-state index contributed by atoms with van der Waals surface area (Å²) >= 11 is 0. The summed E-state index contributed by atoms with van der Waals surface area (Å²) in [6.07, 6.45) is 0.306. The number of hydrogen-bond donors (Lipinski definition) is 0. The molecule has 3 nitrogen and oxygen atoms in total. The molecule has 0 bridgehead atoms. The molecular formula is C16H16FNO2. The van der Waals surface area contributed by atoms with Crippen LogP contribution in [0.4, 0.5) is 4.39 Å². The number of fused-ring (bicyclic) bond motifs is 1. The number of hydrogen-bond acceptors (Lipinski definition) is 2. The van der Waals surface area contributed by atoms with Gasteiger partial charge in [0.2, 0.25) is 5.91 Å². The Morgan fingerprint density at radius 2 is 1.80 bits per heavy atom. The van der Waals surface area contributed by atoms with E-state index in [-0.39, 0.29) is 11.7 Å². The lowest BCUT2D eigenvalue weighted by molar-refractivity contribution is -0.134. The molecule has 0 aromatic heterocycles. The monoisotopic (exact) mass is 273 g/mol. The van der Waals surface area contributed by atoms with Crippen LogP contribution in [0.3, 0.4) is 0 Å². The van der Waals surface area contributed by atoms with Crippen molar-refractivity contribution in [2.75, 3.05) is 26.3 Å². The fraction of sp³-hybridized carbons (Fsp3) is 0.312. The first kappa shape index (κ1) is 13.1. The fourth-order valence-electron chi connectivity index (χ4n) is 2.57. The van der Waals surface area contributed by atoms with Crippen LogP contribution in [0.15, 0.2) is 36.4 Å². The molecule has 1 fully saturated rings. The predicted octanol–water partition coefficient (Wildman–Crippen LogP) is 2.38. The largest absolute Gasteiger partial charge is 0.378 e. The van der Waals surface area contributed by atoms with Gasteiger partial charge >= 0.3 is 0 Å². The minimum Gasteiger partial charge on any atom is -0.378 e. The van der Waals surface area contributed by atoms with Crippen molar-refractivity contribution in [3.8, 4) is 0 Å². The highest BCUT2D eigenvalue weighted by Crippen LogP contribution is 2.22. The summed E-state index contributed by atoms with van der Waals surface area (Å²) in [5.74, 6) is -0.173. The van der Waals surface area contributed by atoms with E-state index >= 15 is 0 Å². The number of morpholine rings is 1. The van der Waals surface area contributed by atoms with E-state index in [2.05, 4.69) is 0 Å². The van der Waals surface area contributed by atoms with Crippen LogP contribution in [-0.4, -0.2) is 37.1 Å². The zero-order chi connectivity index (χ0) is 13.9. The van der Waals surface area contributed by atoms with Crippen molar-refractivity contribution in [3.63, 3.8) is 0 Å². The van der Waals surface area contributed by atoms with Crippen LogP contribution in [0.25, 0.3) is 10.8 Å². The summed E-state index contributed by atoms with van der Waals surface area (Å²) in [6, 6.07) is 10.4. The van der Waals surface area contributed by atoms with E-state index in [1.807, 2.05) is 17.0 Å². The molecule has 0 atom stereocenters. The summed E-state index contributed by atoms with van der Waals surface area (Å²) in [5, 5.41) is 1.38. The summed E-state index contributed by atoms with van der Waals surface area (Å²) < 4.78 is 19.0. The average Bonchev–Trinajstić information content (AvgIpc) is 2.51. The fourth-order valence-corrected chi connectivity index (χ4v) is 2.57. The number of nitrogens with zero attached hydrogens (tertiary/aromatic N) is 1. The normalized spacial score (nSPS) is 15.6. The van der Waals surface area contributed by atoms with Crippen molar-refractivity contribution in [2.24, 2.45) is 0 Å². The van der Waals surface area contributed by atoms with Gasteiger partial charge in [-0.25, -0.2) is 4.39 Å². The van der Waals surface area contributed by atoms with Crippen molar-refractivity contribution in [2.45, 2.75) is 6.42 Å². The standard InChI is InChI=1S/C16H16FNO2/c17-15-6-5-12(13-3-1-2-4-14(13)15)11-16(19)18-7-9-20-10-8-18/h1-6H,7-11H2. The molecule has 3 rings (SSSR count). The molecule has 104 valence electrons. The molecule has 2 aromatic carbocycles. The maximum absolute atomic E-state index is 13.7. The van der Waals surface area contributed by atoms with Crippen LogP contribution in [0.1, 0.15) is 5.56 Å². The minimum atomic E-state index is -0.247. The second-order valence-electron chi connectivity index (χ2n) is 4.92. The highest BCUT2D eigenvalue weighted by molar-refractivity contribution is 5.90. The number of amides is 1. The molecule has 0 N–H and O–H groups in total. The van der Waals surface area contributed by atoms with Crippen LogP contribution in [-0.2, 0) is 16.0 Å². The van der Waals surface area contributed by atoms with Gasteiger partial charge in [0, 0.05) is 18.5 Å². The summed E-state index contributed by atoms with van der Waals surface area (Å²) in [4.78, 5) is 14.1. The van der Waals surface area contributed by atoms with Gasteiger partial charge in [0.1, 0.15) is 5.82 Å². The van der Waals surface area contributed by atoms with Gasteiger partial charge < -0.3 is 9.64 Å². The van der Waals surface area contributed by atoms with E-state index in [1.54, 1.807) is 18.2 Å². The lowest BCUT2D eigenvalue weighted by Crippen LogP contribution is -2.41. The Balaban J connectivity index is 1.87. The van der Waals surface area contributed by atoms with Crippen molar-refractivity contribution < 1.29 is 13.9 Å². The van der Waals surface area contributed by atoms with Crippen molar-refractivity contribution in [1.29, 1.82) is 0 Å². The number of carbonyl (C=O) groups excluding carboxylic acids is 1. The Morgan fingerprint density at radius 3 is 2.55 bits per heavy atom. The van der Waals surface area contributed by atoms with E-state index in [0.717, 1.165) is 10.9 Å². The second kappa shape index (κ2) is 5.59. The number of halogens is 1. The topological polar surface area (TPSA) is 29.5 Å². The lowest BCUT2D eigenvalue weighted by Gasteiger charge is -2.27. The summed E-state index contributed by atoms with van der Waals surface area (Å²) in [7, 11) is 0. The molecule has 0 aliphatic carbocycles. The molecule has 0 unspecified atom stereocenters. The van der Waals surface area contributed by atoms with E-state index in [9.17, 15) is 9.18 Å². The van der Waals surface area contributed by atoms with Gasteiger partial charge in [0.15, 0.2) is 0 Å². The highest BCUT2D eigenvalue weighted by atomic mass is 19.1. The van der Waals surface area contributed by atoms with Gasteiger partial charge in [-0.1, -0.05) is 30.3 Å². The molecule has 0 radical (unpaired) electrons. The average molecular weight is 273 g/mol. The third-order valence-corrected chi connectivity index (χ3v) is 3.67. The zero-order valence-corrected chi connectivity index (χ0v) is 11.1. The first-order valence-electron chi connectivity index (χ1n) is 6.77. The minimum absolute atomic E-state index is 0.0741. The number of benzene rings is 2. The SMILES string of the molecule is O=C(Cc1ccc(F)c2ccccc12)N1CCOCC1. The number of rotatable bonds is 2. The third kappa shape index (κ3) is 2.51. The Bertz CT molecular complexity index is 635. The molecule has 2 aromatic rings. The van der Waals surface area contributed by atoms with E-state index in [4.69, 9.17) is 4.74 Å². The molecule has 1 amide bonds. The van der Waals surface area contributed by atoms with Gasteiger partial charge in [0.05, 0.1) is 19.6 Å². The quantitative estimate of drug-likeness (QED) is 0.840. The van der Waals surface area contributed by atoms with E-state index in [0.29, 0.717) is 38.1 Å². The Morgan fingerprint density at radius 1 is 1.10 bits per heavy atom. The van der Waals surface area contributed by atoms with Crippen LogP contribution < -0.4 is 0 Å². The van der Waals surface area contributed by atoms with Gasteiger partial charge in [-0.2, -0.15) is 0 Å². The van der Waals surface area contributed by atoms with Gasteiger partial charge in [-0.3, -0.25) is 4.79 Å². The van der Waals surface area contributed by atoms with Crippen molar-refractivity contribution >= 4 is 16.7 Å². The van der Waals surface area contributed by atoms with Crippen LogP contribution >= 0.6 is 0 Å². The van der Waals surface area contributed by atoms with E-state index in [1.165, 1.54) is 6.07 Å². The van der Waals surface area contributed by atoms with Crippen LogP contribution in [0.5, 0.6) is 0 Å². The number of carbonyl (C=O) groups is 1. The van der Waals surface area contributed by atoms with Crippen molar-refractivity contribution in [1.82, 2.24) is 4.90 Å². The van der Waals surface area contributed by atoms with Crippen molar-refractivity contribution in [3.05, 3.63) is 47.8 Å². The zero-order valence-electron chi connectivity index (χ0n) is 11.1. The molecule has 4 heteroatoms. The summed E-state index contributed by atoms with van der Waals surface area (Å²) in [5.41, 5.74) is 0.874. The molecule has 0 spiro atoms. The van der Waals surface area contributed by atoms with Crippen LogP contribution in [0, 0.1) is 5.82 Å². The molecule has 0 saturated carbocycles. The van der Waals surface area contributed by atoms with E-state index < -0.39 is 0 Å². The molecular weight excluding hydrogens is 257 g/mol.